The maximum atomic E-state index is 14.1. The molecule has 1 aliphatic heterocycles. The predicted octanol–water partition coefficient (Wildman–Crippen LogP) is 3.24. The standard InChI is InChI=1S/C36H46N4O7S3/c1-24-11-9-10-14-27(24)20-37-34(43)32-36(2,3)49-23-40(32)35(44)31(41)29(19-25-12-7-6-8-13-25)38-33(42)30(39-50(5,45)46)22-48-21-26-15-17-28(47-4)18-16-26/h6-18,29-32,39,41H,19-23H2,1-5H3,(H,37,43)(H,38,42)/t29-,30+,31-,32+/m0/s1. The van der Waals surface area contributed by atoms with Crippen LogP contribution in [0.4, 0.5) is 0 Å². The van der Waals surface area contributed by atoms with Gasteiger partial charge >= 0.3 is 0 Å². The van der Waals surface area contributed by atoms with Gasteiger partial charge in [-0.1, -0.05) is 66.7 Å². The predicted molar refractivity (Wildman–Crippen MR) is 199 cm³/mol. The fraction of sp³-hybridized carbons (Fsp3) is 0.417. The molecule has 1 fully saturated rings. The molecule has 0 saturated carbocycles. The fourth-order valence-corrected chi connectivity index (χ4v) is 8.64. The van der Waals surface area contributed by atoms with Crippen LogP contribution in [0.25, 0.3) is 0 Å². The van der Waals surface area contributed by atoms with Crippen LogP contribution in [-0.4, -0.2) is 90.1 Å². The molecule has 4 atom stereocenters. The van der Waals surface area contributed by atoms with Gasteiger partial charge in [0.25, 0.3) is 5.91 Å². The third-order valence-corrected chi connectivity index (χ3v) is 11.6. The largest absolute Gasteiger partial charge is 0.497 e. The molecule has 0 spiro atoms. The van der Waals surface area contributed by atoms with Crippen molar-refractivity contribution in [2.45, 2.75) is 68.5 Å². The summed E-state index contributed by atoms with van der Waals surface area (Å²) in [6.07, 6.45) is -0.678. The first-order valence-electron chi connectivity index (χ1n) is 16.2. The number of hydrogen-bond donors (Lipinski definition) is 4. The highest BCUT2D eigenvalue weighted by Gasteiger charge is 2.50. The minimum Gasteiger partial charge on any atom is -0.497 e. The Kier molecular flexibility index (Phi) is 13.8. The molecule has 1 saturated heterocycles. The van der Waals surface area contributed by atoms with Gasteiger partial charge in [0, 0.05) is 22.8 Å². The van der Waals surface area contributed by atoms with E-state index in [0.29, 0.717) is 11.5 Å². The SMILES string of the molecule is COc1ccc(CSC[C@@H](NS(C)(=O)=O)C(=O)N[C@@H](Cc2ccccc2)[C@H](O)C(=O)N2CSC(C)(C)[C@H]2C(=O)NCc2ccccc2C)cc1. The Bertz CT molecular complexity index is 1720. The van der Waals surface area contributed by atoms with E-state index in [1.54, 1.807) is 19.2 Å². The molecule has 14 heteroatoms. The van der Waals surface area contributed by atoms with Crippen molar-refractivity contribution < 1.29 is 32.6 Å². The highest BCUT2D eigenvalue weighted by atomic mass is 32.2. The maximum absolute atomic E-state index is 14.1. The number of thioether (sulfide) groups is 2. The minimum atomic E-state index is -3.80. The van der Waals surface area contributed by atoms with E-state index in [1.807, 2.05) is 87.5 Å². The van der Waals surface area contributed by atoms with E-state index in [-0.39, 0.29) is 30.5 Å². The molecule has 3 aromatic carbocycles. The van der Waals surface area contributed by atoms with Gasteiger partial charge in [0.05, 0.1) is 25.3 Å². The number of aliphatic hydroxyl groups excluding tert-OH is 1. The van der Waals surface area contributed by atoms with Crippen molar-refractivity contribution in [3.63, 3.8) is 0 Å². The summed E-state index contributed by atoms with van der Waals surface area (Å²) in [7, 11) is -2.22. The van der Waals surface area contributed by atoms with Gasteiger partial charge in [0.2, 0.25) is 21.8 Å². The van der Waals surface area contributed by atoms with Gasteiger partial charge in [-0.05, 0) is 61.6 Å². The van der Waals surface area contributed by atoms with Crippen LogP contribution in [0.1, 0.15) is 36.1 Å². The quantitative estimate of drug-likeness (QED) is 0.173. The molecule has 4 N–H and O–H groups in total. The lowest BCUT2D eigenvalue weighted by Gasteiger charge is -2.33. The zero-order valence-corrected chi connectivity index (χ0v) is 31.4. The van der Waals surface area contributed by atoms with Gasteiger partial charge < -0.3 is 25.4 Å². The smallest absolute Gasteiger partial charge is 0.254 e. The van der Waals surface area contributed by atoms with Gasteiger partial charge in [-0.2, -0.15) is 11.8 Å². The van der Waals surface area contributed by atoms with Crippen LogP contribution >= 0.6 is 23.5 Å². The summed E-state index contributed by atoms with van der Waals surface area (Å²) in [6.45, 7) is 6.00. The van der Waals surface area contributed by atoms with E-state index in [0.717, 1.165) is 28.5 Å². The summed E-state index contributed by atoms with van der Waals surface area (Å²) in [6, 6.07) is 21.0. The maximum Gasteiger partial charge on any atom is 0.254 e. The second-order valence-corrected chi connectivity index (χ2v) is 17.2. The number of ether oxygens (including phenoxy) is 1. The number of aliphatic hydroxyl groups is 1. The fourth-order valence-electron chi connectivity index (χ4n) is 5.67. The molecule has 0 unspecified atom stereocenters. The van der Waals surface area contributed by atoms with Gasteiger partial charge in [0.15, 0.2) is 6.10 Å². The summed E-state index contributed by atoms with van der Waals surface area (Å²) in [5.41, 5.74) is 3.68. The molecule has 270 valence electrons. The van der Waals surface area contributed by atoms with E-state index in [2.05, 4.69) is 15.4 Å². The molecule has 1 aliphatic rings. The zero-order chi connectivity index (χ0) is 36.5. The number of carbonyl (C=O) groups excluding carboxylic acids is 3. The van der Waals surface area contributed by atoms with E-state index < -0.39 is 50.8 Å². The van der Waals surface area contributed by atoms with E-state index in [1.165, 1.54) is 28.4 Å². The molecule has 0 bridgehead atoms. The summed E-state index contributed by atoms with van der Waals surface area (Å²) in [5.74, 6) is -0.277. The average Bonchev–Trinajstić information content (AvgIpc) is 3.41. The zero-order valence-electron chi connectivity index (χ0n) is 28.9. The van der Waals surface area contributed by atoms with Crippen molar-refractivity contribution in [1.29, 1.82) is 0 Å². The summed E-state index contributed by atoms with van der Waals surface area (Å²) in [4.78, 5) is 42.8. The van der Waals surface area contributed by atoms with Gasteiger partial charge in [-0.15, -0.1) is 11.8 Å². The lowest BCUT2D eigenvalue weighted by Crippen LogP contribution is -2.60. The molecular weight excluding hydrogens is 697 g/mol. The summed E-state index contributed by atoms with van der Waals surface area (Å²) >= 11 is 2.78. The Labute approximate surface area is 303 Å². The summed E-state index contributed by atoms with van der Waals surface area (Å²) in [5, 5.41) is 17.4. The number of carbonyl (C=O) groups is 3. The van der Waals surface area contributed by atoms with Crippen molar-refractivity contribution in [3.8, 4) is 5.75 Å². The Hall–Kier alpha value is -3.56. The molecule has 50 heavy (non-hydrogen) atoms. The van der Waals surface area contributed by atoms with Crippen molar-refractivity contribution in [2.24, 2.45) is 0 Å². The van der Waals surface area contributed by atoms with Gasteiger partial charge in [0.1, 0.15) is 17.8 Å². The Morgan fingerprint density at radius 1 is 1.02 bits per heavy atom. The Morgan fingerprint density at radius 3 is 2.32 bits per heavy atom. The van der Waals surface area contributed by atoms with E-state index in [4.69, 9.17) is 4.74 Å². The number of rotatable bonds is 16. The minimum absolute atomic E-state index is 0.0819. The van der Waals surface area contributed by atoms with E-state index >= 15 is 0 Å². The van der Waals surface area contributed by atoms with Crippen molar-refractivity contribution in [2.75, 3.05) is 25.0 Å². The molecule has 4 rings (SSSR count). The molecule has 3 amide bonds. The third kappa shape index (κ3) is 11.0. The number of hydrogen-bond acceptors (Lipinski definition) is 9. The second kappa shape index (κ2) is 17.6. The highest BCUT2D eigenvalue weighted by Crippen LogP contribution is 2.40. The molecule has 11 nitrogen and oxygen atoms in total. The van der Waals surface area contributed by atoms with Crippen LogP contribution in [0.3, 0.4) is 0 Å². The van der Waals surface area contributed by atoms with Crippen LogP contribution < -0.4 is 20.1 Å². The lowest BCUT2D eigenvalue weighted by atomic mass is 9.97. The number of aryl methyl sites for hydroxylation is 1. The number of nitrogens with one attached hydrogen (secondary N) is 3. The van der Waals surface area contributed by atoms with Crippen molar-refractivity contribution in [1.82, 2.24) is 20.3 Å². The molecule has 0 radical (unpaired) electrons. The normalized spacial score (nSPS) is 17.4. The number of sulfonamides is 1. The lowest BCUT2D eigenvalue weighted by molar-refractivity contribution is -0.147. The van der Waals surface area contributed by atoms with Crippen LogP contribution in [0.2, 0.25) is 0 Å². The molecule has 0 aromatic heterocycles. The number of methoxy groups -OCH3 is 1. The third-order valence-electron chi connectivity index (χ3n) is 8.44. The second-order valence-electron chi connectivity index (χ2n) is 12.8. The summed E-state index contributed by atoms with van der Waals surface area (Å²) < 4.78 is 31.5. The first-order valence-corrected chi connectivity index (χ1v) is 20.2. The van der Waals surface area contributed by atoms with Crippen LogP contribution in [0, 0.1) is 6.92 Å². The molecule has 0 aliphatic carbocycles. The van der Waals surface area contributed by atoms with Crippen LogP contribution in [-0.2, 0) is 43.1 Å². The van der Waals surface area contributed by atoms with E-state index in [9.17, 15) is 27.9 Å². The average molecular weight is 743 g/mol. The monoisotopic (exact) mass is 742 g/mol. The van der Waals surface area contributed by atoms with Gasteiger partial charge in [-0.3, -0.25) is 14.4 Å². The molecule has 3 aromatic rings. The Morgan fingerprint density at radius 2 is 1.68 bits per heavy atom. The van der Waals surface area contributed by atoms with Gasteiger partial charge in [-0.25, -0.2) is 13.1 Å². The number of amides is 3. The first kappa shape index (κ1) is 39.2. The van der Waals surface area contributed by atoms with Crippen molar-refractivity contribution >= 4 is 51.3 Å². The van der Waals surface area contributed by atoms with Crippen LogP contribution in [0.15, 0.2) is 78.9 Å². The first-order chi connectivity index (χ1) is 23.7. The number of nitrogens with zero attached hydrogens (tertiary/aromatic N) is 1. The molecular formula is C36H46N4O7S3. The van der Waals surface area contributed by atoms with Crippen LogP contribution in [0.5, 0.6) is 5.75 Å². The Balaban J connectivity index is 1.52. The topological polar surface area (TPSA) is 154 Å². The molecule has 1 heterocycles. The van der Waals surface area contributed by atoms with Crippen molar-refractivity contribution in [3.05, 3.63) is 101 Å². The number of benzene rings is 3. The highest BCUT2D eigenvalue weighted by molar-refractivity contribution is 8.01.